The third kappa shape index (κ3) is 6.11. The van der Waals surface area contributed by atoms with Gasteiger partial charge in [0.1, 0.15) is 18.1 Å². The fraction of sp³-hybridized carbons (Fsp3) is 0.235. The summed E-state index contributed by atoms with van der Waals surface area (Å²) in [5, 5.41) is 13.4. The number of benzene rings is 2. The lowest BCUT2D eigenvalue weighted by Gasteiger charge is -2.09. The Morgan fingerprint density at radius 3 is 2.52 bits per heavy atom. The van der Waals surface area contributed by atoms with Crippen LogP contribution >= 0.6 is 0 Å². The Labute approximate surface area is 144 Å². The molecule has 8 nitrogen and oxygen atoms in total. The molecule has 0 saturated carbocycles. The van der Waals surface area contributed by atoms with E-state index in [0.29, 0.717) is 24.7 Å². The number of non-ortho nitro benzene ring substituents is 1. The first-order valence-corrected chi connectivity index (χ1v) is 7.47. The molecule has 25 heavy (non-hydrogen) atoms. The van der Waals surface area contributed by atoms with E-state index in [1.807, 2.05) is 0 Å². The number of rotatable bonds is 9. The first-order valence-electron chi connectivity index (χ1n) is 7.47. The fourth-order valence-electron chi connectivity index (χ4n) is 1.91. The highest BCUT2D eigenvalue weighted by Gasteiger charge is 2.08. The van der Waals surface area contributed by atoms with E-state index in [0.717, 1.165) is 0 Å². The quantitative estimate of drug-likeness (QED) is 0.426. The highest BCUT2D eigenvalue weighted by atomic mass is 16.6. The molecule has 0 unspecified atom stereocenters. The zero-order valence-corrected chi connectivity index (χ0v) is 13.6. The van der Waals surface area contributed by atoms with E-state index < -0.39 is 4.92 Å². The number of anilines is 1. The molecule has 2 rings (SSSR count). The van der Waals surface area contributed by atoms with Crippen LogP contribution in [0.15, 0.2) is 48.5 Å². The lowest BCUT2D eigenvalue weighted by atomic mass is 10.3. The molecular weight excluding hydrogens is 328 g/mol. The van der Waals surface area contributed by atoms with Gasteiger partial charge in [-0.2, -0.15) is 0 Å². The number of amides is 1. The Hall–Kier alpha value is -3.13. The summed E-state index contributed by atoms with van der Waals surface area (Å²) < 4.78 is 15.6. The van der Waals surface area contributed by atoms with Gasteiger partial charge in [0.05, 0.1) is 17.6 Å². The molecule has 2 aromatic carbocycles. The van der Waals surface area contributed by atoms with Crippen LogP contribution in [0.2, 0.25) is 0 Å². The molecule has 0 aliphatic rings. The van der Waals surface area contributed by atoms with Crippen LogP contribution in [0.25, 0.3) is 0 Å². The van der Waals surface area contributed by atoms with Crippen molar-refractivity contribution in [2.45, 2.75) is 0 Å². The summed E-state index contributed by atoms with van der Waals surface area (Å²) in [5.74, 6) is 0.550. The standard InChI is InChI=1S/C17H18N2O6/c1-23-9-10-24-15-7-5-13(6-8-15)18-17(20)12-25-16-4-2-3-14(11-16)19(21)22/h2-8,11H,9-10,12H2,1H3,(H,18,20). The van der Waals surface area contributed by atoms with Gasteiger partial charge in [-0.3, -0.25) is 14.9 Å². The molecule has 0 radical (unpaired) electrons. The van der Waals surface area contributed by atoms with Gasteiger partial charge in [0, 0.05) is 18.9 Å². The van der Waals surface area contributed by atoms with Gasteiger partial charge >= 0.3 is 0 Å². The summed E-state index contributed by atoms with van der Waals surface area (Å²) in [7, 11) is 1.59. The largest absolute Gasteiger partial charge is 0.491 e. The van der Waals surface area contributed by atoms with Gasteiger partial charge in [0.25, 0.3) is 11.6 Å². The average molecular weight is 346 g/mol. The van der Waals surface area contributed by atoms with Crippen molar-refractivity contribution in [2.75, 3.05) is 32.2 Å². The first-order chi connectivity index (χ1) is 12.1. The highest BCUT2D eigenvalue weighted by Crippen LogP contribution is 2.19. The maximum absolute atomic E-state index is 11.9. The van der Waals surface area contributed by atoms with Crippen LogP contribution in [-0.4, -0.2) is 37.8 Å². The molecule has 1 amide bonds. The summed E-state index contributed by atoms with van der Waals surface area (Å²) in [5.41, 5.74) is 0.494. The molecule has 132 valence electrons. The summed E-state index contributed by atoms with van der Waals surface area (Å²) >= 11 is 0. The van der Waals surface area contributed by atoms with Crippen LogP contribution in [0.4, 0.5) is 11.4 Å². The van der Waals surface area contributed by atoms with Crippen LogP contribution in [0.3, 0.4) is 0 Å². The van der Waals surface area contributed by atoms with E-state index in [9.17, 15) is 14.9 Å². The lowest BCUT2D eigenvalue weighted by Crippen LogP contribution is -2.20. The van der Waals surface area contributed by atoms with Gasteiger partial charge in [0.15, 0.2) is 6.61 Å². The van der Waals surface area contributed by atoms with Crippen LogP contribution in [0.1, 0.15) is 0 Å². The van der Waals surface area contributed by atoms with Gasteiger partial charge < -0.3 is 19.5 Å². The topological polar surface area (TPSA) is 99.9 Å². The fourth-order valence-corrected chi connectivity index (χ4v) is 1.91. The predicted octanol–water partition coefficient (Wildman–Crippen LogP) is 2.64. The van der Waals surface area contributed by atoms with Gasteiger partial charge in [0.2, 0.25) is 0 Å². The minimum absolute atomic E-state index is 0.0954. The minimum Gasteiger partial charge on any atom is -0.491 e. The van der Waals surface area contributed by atoms with E-state index in [1.165, 1.54) is 18.2 Å². The molecule has 8 heteroatoms. The Morgan fingerprint density at radius 2 is 1.84 bits per heavy atom. The number of nitro benzene ring substituents is 1. The molecule has 0 aliphatic carbocycles. The minimum atomic E-state index is -0.525. The number of hydrogen-bond donors (Lipinski definition) is 1. The van der Waals surface area contributed by atoms with E-state index in [2.05, 4.69) is 5.32 Å². The molecule has 0 aromatic heterocycles. The van der Waals surface area contributed by atoms with Crippen molar-refractivity contribution in [1.82, 2.24) is 0 Å². The number of methoxy groups -OCH3 is 1. The van der Waals surface area contributed by atoms with Crippen LogP contribution in [-0.2, 0) is 9.53 Å². The smallest absolute Gasteiger partial charge is 0.273 e. The van der Waals surface area contributed by atoms with Crippen molar-refractivity contribution < 1.29 is 23.9 Å². The number of nitrogens with one attached hydrogen (secondary N) is 1. The highest BCUT2D eigenvalue weighted by molar-refractivity contribution is 5.91. The molecule has 2 aromatic rings. The number of nitrogens with zero attached hydrogens (tertiary/aromatic N) is 1. The zero-order chi connectivity index (χ0) is 18.1. The maximum Gasteiger partial charge on any atom is 0.273 e. The van der Waals surface area contributed by atoms with Crippen LogP contribution in [0.5, 0.6) is 11.5 Å². The normalized spacial score (nSPS) is 10.1. The summed E-state index contributed by atoms with van der Waals surface area (Å²) in [4.78, 5) is 22.1. The van der Waals surface area contributed by atoms with Gasteiger partial charge in [-0.15, -0.1) is 0 Å². The molecule has 0 bridgehead atoms. The molecule has 0 saturated heterocycles. The van der Waals surface area contributed by atoms with Gasteiger partial charge in [-0.05, 0) is 30.3 Å². The summed E-state index contributed by atoms with van der Waals surface area (Å²) in [6.07, 6.45) is 0. The first kappa shape index (κ1) is 18.2. The van der Waals surface area contributed by atoms with E-state index >= 15 is 0 Å². The molecular formula is C17H18N2O6. The van der Waals surface area contributed by atoms with E-state index in [4.69, 9.17) is 14.2 Å². The van der Waals surface area contributed by atoms with E-state index in [1.54, 1.807) is 37.4 Å². The monoisotopic (exact) mass is 346 g/mol. The van der Waals surface area contributed by atoms with Crippen molar-refractivity contribution in [1.29, 1.82) is 0 Å². The second-order valence-corrected chi connectivity index (χ2v) is 4.96. The Bertz CT molecular complexity index is 717. The summed E-state index contributed by atoms with van der Waals surface area (Å²) in [6.45, 7) is 0.681. The zero-order valence-electron chi connectivity index (χ0n) is 13.6. The van der Waals surface area contributed by atoms with Crippen molar-refractivity contribution in [3.05, 3.63) is 58.6 Å². The second kappa shape index (κ2) is 9.24. The number of carbonyl (C=O) groups excluding carboxylic acids is 1. The van der Waals surface area contributed by atoms with Crippen molar-refractivity contribution in [3.8, 4) is 11.5 Å². The van der Waals surface area contributed by atoms with Crippen LogP contribution in [0, 0.1) is 10.1 Å². The van der Waals surface area contributed by atoms with Gasteiger partial charge in [-0.1, -0.05) is 6.07 Å². The molecule has 0 aliphatic heterocycles. The van der Waals surface area contributed by atoms with Crippen molar-refractivity contribution >= 4 is 17.3 Å². The van der Waals surface area contributed by atoms with Gasteiger partial charge in [-0.25, -0.2) is 0 Å². The maximum atomic E-state index is 11.9. The Balaban J connectivity index is 1.82. The average Bonchev–Trinajstić information content (AvgIpc) is 2.62. The molecule has 1 N–H and O–H groups in total. The number of hydrogen-bond acceptors (Lipinski definition) is 6. The number of nitro groups is 1. The van der Waals surface area contributed by atoms with Crippen molar-refractivity contribution in [2.24, 2.45) is 0 Å². The molecule has 0 fully saturated rings. The Morgan fingerprint density at radius 1 is 1.08 bits per heavy atom. The number of carbonyl (C=O) groups is 1. The number of ether oxygens (including phenoxy) is 3. The lowest BCUT2D eigenvalue weighted by molar-refractivity contribution is -0.384. The molecule has 0 spiro atoms. The molecule has 0 heterocycles. The van der Waals surface area contributed by atoms with Crippen LogP contribution < -0.4 is 14.8 Å². The third-order valence-electron chi connectivity index (χ3n) is 3.09. The van der Waals surface area contributed by atoms with Crippen molar-refractivity contribution in [3.63, 3.8) is 0 Å². The predicted molar refractivity (Wildman–Crippen MR) is 91.0 cm³/mol. The molecule has 0 atom stereocenters. The SMILES string of the molecule is COCCOc1ccc(NC(=O)COc2cccc([N+](=O)[O-])c2)cc1. The second-order valence-electron chi connectivity index (χ2n) is 4.96. The Kier molecular flexibility index (Phi) is 6.73. The third-order valence-corrected chi connectivity index (χ3v) is 3.09. The van der Waals surface area contributed by atoms with E-state index in [-0.39, 0.29) is 24.0 Å². The summed E-state index contributed by atoms with van der Waals surface area (Å²) in [6, 6.07) is 12.5.